The molecule has 0 radical (unpaired) electrons. The third-order valence-electron chi connectivity index (χ3n) is 4.10. The topological polar surface area (TPSA) is 49.8 Å². The Morgan fingerprint density at radius 2 is 1.85 bits per heavy atom. The Balaban J connectivity index is 2.33. The fourth-order valence-electron chi connectivity index (χ4n) is 1.84. The highest BCUT2D eigenvalue weighted by molar-refractivity contribution is 5.89. The van der Waals surface area contributed by atoms with Crippen LogP contribution in [-0.4, -0.2) is 23.6 Å². The minimum atomic E-state index is 0.214. The molecule has 108 valence electrons. The number of benzene rings is 1. The largest absolute Gasteiger partial charge is 0.369 e. The summed E-state index contributed by atoms with van der Waals surface area (Å²) in [6, 6.07) is 8.08. The van der Waals surface area contributed by atoms with E-state index in [9.17, 15) is 0 Å². The van der Waals surface area contributed by atoms with E-state index in [1.807, 2.05) is 25.2 Å². The molecule has 0 bridgehead atoms. The molecule has 2 rings (SSSR count). The molecule has 0 unspecified atom stereocenters. The zero-order chi connectivity index (χ0) is 14.8. The van der Waals surface area contributed by atoms with Gasteiger partial charge in [-0.05, 0) is 23.5 Å². The van der Waals surface area contributed by atoms with Crippen molar-refractivity contribution >= 4 is 22.7 Å². The Labute approximate surface area is 121 Å². The number of para-hydroxylation sites is 1. The fourth-order valence-corrected chi connectivity index (χ4v) is 1.84. The number of nitrogens with one attached hydrogen (secondary N) is 2. The lowest BCUT2D eigenvalue weighted by molar-refractivity contribution is 0.269. The summed E-state index contributed by atoms with van der Waals surface area (Å²) in [6.45, 7) is 9.92. The average Bonchev–Trinajstić information content (AvgIpc) is 2.44. The van der Waals surface area contributed by atoms with Crippen LogP contribution in [0.15, 0.2) is 24.3 Å². The second-order valence-corrected chi connectivity index (χ2v) is 6.16. The minimum absolute atomic E-state index is 0.214. The van der Waals surface area contributed by atoms with Crippen LogP contribution in [0, 0.1) is 11.3 Å². The van der Waals surface area contributed by atoms with Gasteiger partial charge in [0.15, 0.2) is 0 Å². The number of fused-ring (bicyclic) bond motifs is 1. The molecule has 0 saturated heterocycles. The standard InChI is InChI=1S/C16H24N4/c1-11(2)16(3,4)10-18-14-12-8-6-7-9-13(12)19-15(17-5)20-14/h6-9,11H,10H2,1-5H3,(H2,17,18,19,20). The van der Waals surface area contributed by atoms with Gasteiger partial charge >= 0.3 is 0 Å². The molecule has 2 N–H and O–H groups in total. The van der Waals surface area contributed by atoms with Gasteiger partial charge in [-0.15, -0.1) is 0 Å². The van der Waals surface area contributed by atoms with Gasteiger partial charge in [-0.25, -0.2) is 4.98 Å². The van der Waals surface area contributed by atoms with Gasteiger partial charge in [0.05, 0.1) is 5.52 Å². The van der Waals surface area contributed by atoms with Gasteiger partial charge in [0.25, 0.3) is 0 Å². The number of nitrogens with zero attached hydrogens (tertiary/aromatic N) is 2. The molecule has 0 atom stereocenters. The van der Waals surface area contributed by atoms with E-state index < -0.39 is 0 Å². The predicted molar refractivity (Wildman–Crippen MR) is 86.2 cm³/mol. The summed E-state index contributed by atoms with van der Waals surface area (Å²) < 4.78 is 0. The smallest absolute Gasteiger partial charge is 0.224 e. The molecule has 1 aromatic heterocycles. The van der Waals surface area contributed by atoms with Gasteiger partial charge < -0.3 is 10.6 Å². The summed E-state index contributed by atoms with van der Waals surface area (Å²) in [5.41, 5.74) is 1.17. The SMILES string of the molecule is CNc1nc(NCC(C)(C)C(C)C)c2ccccc2n1. The van der Waals surface area contributed by atoms with Crippen LogP contribution in [0.1, 0.15) is 27.7 Å². The maximum absolute atomic E-state index is 4.55. The number of aromatic nitrogens is 2. The van der Waals surface area contributed by atoms with Crippen molar-refractivity contribution in [3.63, 3.8) is 0 Å². The van der Waals surface area contributed by atoms with Crippen molar-refractivity contribution in [1.82, 2.24) is 9.97 Å². The Kier molecular flexibility index (Phi) is 4.12. The van der Waals surface area contributed by atoms with Crippen molar-refractivity contribution in [3.8, 4) is 0 Å². The highest BCUT2D eigenvalue weighted by Gasteiger charge is 2.22. The van der Waals surface area contributed by atoms with Gasteiger partial charge in [-0.3, -0.25) is 0 Å². The molecule has 1 aromatic carbocycles. The molecule has 0 fully saturated rings. The van der Waals surface area contributed by atoms with Crippen LogP contribution < -0.4 is 10.6 Å². The van der Waals surface area contributed by atoms with Crippen LogP contribution in [0.2, 0.25) is 0 Å². The van der Waals surface area contributed by atoms with Crippen molar-refractivity contribution in [1.29, 1.82) is 0 Å². The summed E-state index contributed by atoms with van der Waals surface area (Å²) >= 11 is 0. The van der Waals surface area contributed by atoms with Gasteiger partial charge in [0.1, 0.15) is 5.82 Å². The van der Waals surface area contributed by atoms with Crippen LogP contribution in [0.25, 0.3) is 10.9 Å². The Hall–Kier alpha value is -1.84. The lowest BCUT2D eigenvalue weighted by Gasteiger charge is -2.29. The summed E-state index contributed by atoms with van der Waals surface area (Å²) in [6.07, 6.45) is 0. The number of hydrogen-bond donors (Lipinski definition) is 2. The molecule has 0 aliphatic heterocycles. The van der Waals surface area contributed by atoms with Crippen molar-refractivity contribution < 1.29 is 0 Å². The van der Waals surface area contributed by atoms with Crippen LogP contribution in [0.4, 0.5) is 11.8 Å². The summed E-state index contributed by atoms with van der Waals surface area (Å²) in [4.78, 5) is 9.02. The monoisotopic (exact) mass is 272 g/mol. The maximum atomic E-state index is 4.55. The first-order valence-electron chi connectivity index (χ1n) is 7.12. The molecule has 0 saturated carbocycles. The lowest BCUT2D eigenvalue weighted by atomic mass is 9.81. The molecule has 2 aromatic rings. The second kappa shape index (κ2) is 5.65. The third kappa shape index (κ3) is 3.00. The number of hydrogen-bond acceptors (Lipinski definition) is 4. The minimum Gasteiger partial charge on any atom is -0.369 e. The van der Waals surface area contributed by atoms with Gasteiger partial charge in [-0.1, -0.05) is 39.8 Å². The zero-order valence-electron chi connectivity index (χ0n) is 13.0. The zero-order valence-corrected chi connectivity index (χ0v) is 13.0. The first-order valence-corrected chi connectivity index (χ1v) is 7.12. The highest BCUT2D eigenvalue weighted by atomic mass is 15.1. The van der Waals surface area contributed by atoms with E-state index in [2.05, 4.69) is 54.4 Å². The summed E-state index contributed by atoms with van der Waals surface area (Å²) in [5.74, 6) is 2.15. The van der Waals surface area contributed by atoms with E-state index >= 15 is 0 Å². The Morgan fingerprint density at radius 3 is 2.50 bits per heavy atom. The van der Waals surface area contributed by atoms with Crippen molar-refractivity contribution in [3.05, 3.63) is 24.3 Å². The molecule has 0 spiro atoms. The molecule has 4 heteroatoms. The van der Waals surface area contributed by atoms with E-state index in [1.165, 1.54) is 0 Å². The quantitative estimate of drug-likeness (QED) is 0.870. The molecule has 0 amide bonds. The first kappa shape index (κ1) is 14.6. The van der Waals surface area contributed by atoms with Gasteiger partial charge in [0.2, 0.25) is 5.95 Å². The van der Waals surface area contributed by atoms with Crippen molar-refractivity contribution in [2.24, 2.45) is 11.3 Å². The fraction of sp³-hybridized carbons (Fsp3) is 0.500. The van der Waals surface area contributed by atoms with E-state index in [4.69, 9.17) is 0 Å². The van der Waals surface area contributed by atoms with E-state index in [0.717, 1.165) is 23.3 Å². The average molecular weight is 272 g/mol. The Bertz CT molecular complexity index is 590. The Morgan fingerprint density at radius 1 is 1.15 bits per heavy atom. The number of anilines is 2. The van der Waals surface area contributed by atoms with Gasteiger partial charge in [0, 0.05) is 19.0 Å². The first-order chi connectivity index (χ1) is 9.44. The third-order valence-corrected chi connectivity index (χ3v) is 4.10. The van der Waals surface area contributed by atoms with Crippen LogP contribution in [0.5, 0.6) is 0 Å². The van der Waals surface area contributed by atoms with Crippen LogP contribution >= 0.6 is 0 Å². The van der Waals surface area contributed by atoms with Crippen LogP contribution in [0.3, 0.4) is 0 Å². The van der Waals surface area contributed by atoms with Crippen molar-refractivity contribution in [2.45, 2.75) is 27.7 Å². The molecule has 4 nitrogen and oxygen atoms in total. The summed E-state index contributed by atoms with van der Waals surface area (Å²) in [7, 11) is 1.84. The van der Waals surface area contributed by atoms with Gasteiger partial charge in [-0.2, -0.15) is 4.98 Å². The summed E-state index contributed by atoms with van der Waals surface area (Å²) in [5, 5.41) is 7.57. The van der Waals surface area contributed by atoms with Crippen LogP contribution in [-0.2, 0) is 0 Å². The van der Waals surface area contributed by atoms with Crippen molar-refractivity contribution in [2.75, 3.05) is 24.2 Å². The molecular weight excluding hydrogens is 248 g/mol. The molecule has 20 heavy (non-hydrogen) atoms. The second-order valence-electron chi connectivity index (χ2n) is 6.16. The molecular formula is C16H24N4. The molecule has 0 aliphatic carbocycles. The lowest BCUT2D eigenvalue weighted by Crippen LogP contribution is -2.29. The van der Waals surface area contributed by atoms with E-state index in [-0.39, 0.29) is 5.41 Å². The number of rotatable bonds is 5. The highest BCUT2D eigenvalue weighted by Crippen LogP contribution is 2.28. The predicted octanol–water partition coefficient (Wildman–Crippen LogP) is 3.77. The van der Waals surface area contributed by atoms with E-state index in [0.29, 0.717) is 11.9 Å². The molecule has 1 heterocycles. The maximum Gasteiger partial charge on any atom is 0.224 e. The normalized spacial score (nSPS) is 11.9. The molecule has 0 aliphatic rings. The van der Waals surface area contributed by atoms with E-state index in [1.54, 1.807) is 0 Å².